The minimum atomic E-state index is -1.05. The van der Waals surface area contributed by atoms with Crippen LogP contribution in [0.1, 0.15) is 20.3 Å². The van der Waals surface area contributed by atoms with E-state index in [9.17, 15) is 9.59 Å². The molecule has 1 amide bonds. The molecule has 0 fully saturated rings. The molecule has 0 saturated carbocycles. The van der Waals surface area contributed by atoms with Gasteiger partial charge in [-0.1, -0.05) is 6.92 Å². The Balaban J connectivity index is 4.77. The number of hydrogen-bond donors (Lipinski definition) is 1. The van der Waals surface area contributed by atoms with Crippen molar-refractivity contribution in [3.63, 3.8) is 0 Å². The maximum atomic E-state index is 12.2. The third kappa shape index (κ3) is 4.70. The quantitative estimate of drug-likeness (QED) is 0.670. The van der Waals surface area contributed by atoms with E-state index in [1.807, 2.05) is 6.92 Å². The smallest absolute Gasteiger partial charge is 0.323 e. The van der Waals surface area contributed by atoms with Gasteiger partial charge in [0.2, 0.25) is 0 Å². The number of ether oxygens (including phenoxy) is 2. The van der Waals surface area contributed by atoms with Gasteiger partial charge in [0.25, 0.3) is 5.91 Å². The molecule has 1 unspecified atom stereocenters. The molecule has 0 radical (unpaired) electrons. The fourth-order valence-corrected chi connectivity index (χ4v) is 1.33. The number of carbonyl (C=O) groups excluding carboxylic acids is 1. The third-order valence-corrected chi connectivity index (χ3v) is 2.76. The normalized spacial score (nSPS) is 14.1. The Hall–Kier alpha value is -1.14. The predicted octanol–water partition coefficient (Wildman–Crippen LogP) is 0.361. The van der Waals surface area contributed by atoms with Crippen molar-refractivity contribution in [3.05, 3.63) is 0 Å². The van der Waals surface area contributed by atoms with E-state index in [1.165, 1.54) is 19.1 Å². The van der Waals surface area contributed by atoms with E-state index < -0.39 is 11.6 Å². The molecule has 0 aliphatic heterocycles. The lowest BCUT2D eigenvalue weighted by atomic mass is 10.0. The van der Waals surface area contributed by atoms with Gasteiger partial charge in [-0.2, -0.15) is 0 Å². The molecule has 0 spiro atoms. The van der Waals surface area contributed by atoms with Crippen molar-refractivity contribution in [2.24, 2.45) is 0 Å². The number of nitrogens with zero attached hydrogens (tertiary/aromatic N) is 1. The van der Waals surface area contributed by atoms with E-state index >= 15 is 0 Å². The zero-order valence-corrected chi connectivity index (χ0v) is 10.9. The van der Waals surface area contributed by atoms with E-state index in [0.29, 0.717) is 13.0 Å². The summed E-state index contributed by atoms with van der Waals surface area (Å²) in [6.07, 6.45) is 0.478. The van der Waals surface area contributed by atoms with Crippen molar-refractivity contribution >= 4 is 11.9 Å². The van der Waals surface area contributed by atoms with Crippen LogP contribution >= 0.6 is 0 Å². The molecule has 0 aromatic carbocycles. The van der Waals surface area contributed by atoms with Crippen LogP contribution in [0.4, 0.5) is 0 Å². The fraction of sp³-hybridized carbons (Fsp3) is 0.818. The molecule has 1 N–H and O–H groups in total. The molecule has 0 heterocycles. The highest BCUT2D eigenvalue weighted by Crippen LogP contribution is 2.17. The van der Waals surface area contributed by atoms with Gasteiger partial charge in [-0.05, 0) is 13.3 Å². The van der Waals surface area contributed by atoms with E-state index in [-0.39, 0.29) is 19.0 Å². The maximum absolute atomic E-state index is 12.2. The first-order valence-electron chi connectivity index (χ1n) is 5.46. The first kappa shape index (κ1) is 15.9. The predicted molar refractivity (Wildman–Crippen MR) is 61.8 cm³/mol. The number of hydrogen-bond acceptors (Lipinski definition) is 4. The van der Waals surface area contributed by atoms with E-state index in [4.69, 9.17) is 14.6 Å². The van der Waals surface area contributed by atoms with Gasteiger partial charge in [0.05, 0.1) is 6.61 Å². The Morgan fingerprint density at radius 2 is 1.94 bits per heavy atom. The van der Waals surface area contributed by atoms with E-state index in [1.54, 1.807) is 6.92 Å². The highest BCUT2D eigenvalue weighted by atomic mass is 16.5. The third-order valence-electron chi connectivity index (χ3n) is 2.76. The van der Waals surface area contributed by atoms with Crippen LogP contribution in [0.5, 0.6) is 0 Å². The summed E-state index contributed by atoms with van der Waals surface area (Å²) in [5, 5.41) is 8.77. The van der Waals surface area contributed by atoms with Crippen molar-refractivity contribution in [1.82, 2.24) is 4.90 Å². The molecule has 17 heavy (non-hydrogen) atoms. The number of rotatable bonds is 8. The number of amides is 1. The summed E-state index contributed by atoms with van der Waals surface area (Å²) in [5.74, 6) is -1.38. The van der Waals surface area contributed by atoms with Crippen molar-refractivity contribution in [2.45, 2.75) is 25.9 Å². The standard InChI is InChI=1S/C11H21NO5/c1-5-11(2,17-4)10(15)12(6-7-16-3)8-9(13)14/h5-8H2,1-4H3,(H,13,14). The van der Waals surface area contributed by atoms with E-state index in [0.717, 1.165) is 0 Å². The number of aliphatic carboxylic acids is 1. The van der Waals surface area contributed by atoms with Gasteiger partial charge >= 0.3 is 5.97 Å². The Labute approximate surface area is 101 Å². The SMILES string of the molecule is CCC(C)(OC)C(=O)N(CCOC)CC(=O)O. The second-order valence-electron chi connectivity index (χ2n) is 3.90. The van der Waals surface area contributed by atoms with Crippen molar-refractivity contribution in [3.8, 4) is 0 Å². The average molecular weight is 247 g/mol. The van der Waals surface area contributed by atoms with Gasteiger partial charge in [0, 0.05) is 20.8 Å². The van der Waals surface area contributed by atoms with Gasteiger partial charge < -0.3 is 19.5 Å². The molecule has 0 aliphatic rings. The molecule has 0 aromatic heterocycles. The minimum Gasteiger partial charge on any atom is -0.480 e. The van der Waals surface area contributed by atoms with Crippen molar-refractivity contribution in [2.75, 3.05) is 33.9 Å². The zero-order chi connectivity index (χ0) is 13.5. The highest BCUT2D eigenvalue weighted by Gasteiger charge is 2.35. The number of carboxylic acid groups (broad SMARTS) is 1. The maximum Gasteiger partial charge on any atom is 0.323 e. The molecular formula is C11H21NO5. The van der Waals surface area contributed by atoms with Crippen LogP contribution in [0.3, 0.4) is 0 Å². The average Bonchev–Trinajstić information content (AvgIpc) is 2.32. The summed E-state index contributed by atoms with van der Waals surface area (Å²) in [4.78, 5) is 24.1. The summed E-state index contributed by atoms with van der Waals surface area (Å²) in [6, 6.07) is 0. The van der Waals surface area contributed by atoms with Crippen molar-refractivity contribution in [1.29, 1.82) is 0 Å². The minimum absolute atomic E-state index is 0.237. The van der Waals surface area contributed by atoms with Gasteiger partial charge in [-0.15, -0.1) is 0 Å². The van der Waals surface area contributed by atoms with Crippen LogP contribution < -0.4 is 0 Å². The fourth-order valence-electron chi connectivity index (χ4n) is 1.33. The Morgan fingerprint density at radius 3 is 2.29 bits per heavy atom. The molecule has 100 valence electrons. The summed E-state index contributed by atoms with van der Waals surface area (Å²) in [5.41, 5.74) is -0.983. The van der Waals surface area contributed by atoms with Crippen LogP contribution in [-0.4, -0.2) is 61.4 Å². The van der Waals surface area contributed by atoms with Crippen LogP contribution in [0, 0.1) is 0 Å². The lowest BCUT2D eigenvalue weighted by Crippen LogP contribution is -2.50. The topological polar surface area (TPSA) is 76.1 Å². The monoisotopic (exact) mass is 247 g/mol. The highest BCUT2D eigenvalue weighted by molar-refractivity contribution is 5.87. The van der Waals surface area contributed by atoms with Crippen LogP contribution in [0.25, 0.3) is 0 Å². The first-order valence-corrected chi connectivity index (χ1v) is 5.46. The van der Waals surface area contributed by atoms with Crippen LogP contribution in [0.2, 0.25) is 0 Å². The molecular weight excluding hydrogens is 226 g/mol. The van der Waals surface area contributed by atoms with Crippen LogP contribution in [-0.2, 0) is 19.1 Å². The number of carboxylic acids is 1. The Kier molecular flexibility index (Phi) is 6.75. The van der Waals surface area contributed by atoms with Gasteiger partial charge in [-0.25, -0.2) is 0 Å². The van der Waals surface area contributed by atoms with Gasteiger partial charge in [0.15, 0.2) is 0 Å². The zero-order valence-electron chi connectivity index (χ0n) is 10.9. The molecule has 0 aliphatic carbocycles. The van der Waals surface area contributed by atoms with Gasteiger partial charge in [0.1, 0.15) is 12.1 Å². The second-order valence-corrected chi connectivity index (χ2v) is 3.90. The summed E-state index contributed by atoms with van der Waals surface area (Å²) < 4.78 is 10.0. The summed E-state index contributed by atoms with van der Waals surface area (Å²) in [6.45, 7) is 3.65. The molecule has 0 saturated heterocycles. The van der Waals surface area contributed by atoms with E-state index in [2.05, 4.69) is 0 Å². The molecule has 6 nitrogen and oxygen atoms in total. The summed E-state index contributed by atoms with van der Waals surface area (Å²) >= 11 is 0. The summed E-state index contributed by atoms with van der Waals surface area (Å²) in [7, 11) is 2.94. The molecule has 0 aromatic rings. The van der Waals surface area contributed by atoms with Crippen molar-refractivity contribution < 1.29 is 24.2 Å². The second kappa shape index (κ2) is 7.24. The lowest BCUT2D eigenvalue weighted by Gasteiger charge is -2.31. The largest absolute Gasteiger partial charge is 0.480 e. The molecule has 0 bridgehead atoms. The number of carbonyl (C=O) groups is 2. The number of methoxy groups -OCH3 is 2. The first-order chi connectivity index (χ1) is 7.91. The molecule has 1 atom stereocenters. The van der Waals surface area contributed by atoms with Crippen LogP contribution in [0.15, 0.2) is 0 Å². The molecule has 0 rings (SSSR count). The van der Waals surface area contributed by atoms with Gasteiger partial charge in [-0.3, -0.25) is 9.59 Å². The molecule has 6 heteroatoms. The Bertz CT molecular complexity index is 263. The lowest BCUT2D eigenvalue weighted by molar-refractivity contribution is -0.158. The Morgan fingerprint density at radius 1 is 1.35 bits per heavy atom.